The van der Waals surface area contributed by atoms with Gasteiger partial charge in [0.1, 0.15) is 24.4 Å². The second-order valence-corrected chi connectivity index (χ2v) is 7.47. The Morgan fingerprint density at radius 2 is 1.60 bits per heavy atom. The molecule has 3 rings (SSSR count). The Labute approximate surface area is 182 Å². The maximum atomic E-state index is 11.6. The average molecular weight is 459 g/mol. The highest BCUT2D eigenvalue weighted by Gasteiger charge is 2.45. The molecule has 3 unspecified atom stereocenters. The summed E-state index contributed by atoms with van der Waals surface area (Å²) < 4.78 is 15.5. The number of esters is 1. The van der Waals surface area contributed by atoms with Crippen LogP contribution in [-0.2, 0) is 9.47 Å². The van der Waals surface area contributed by atoms with Gasteiger partial charge in [0.15, 0.2) is 5.75 Å². The summed E-state index contributed by atoms with van der Waals surface area (Å²) in [5.74, 6) is -0.460. The number of aliphatic hydroxyl groups is 4. The minimum Gasteiger partial charge on any atom is -0.465 e. The number of carbonyl (C=O) groups is 1. The van der Waals surface area contributed by atoms with Gasteiger partial charge in [0.05, 0.1) is 29.3 Å². The van der Waals surface area contributed by atoms with Crippen molar-refractivity contribution in [1.82, 2.24) is 0 Å². The van der Waals surface area contributed by atoms with Crippen LogP contribution in [0.1, 0.15) is 10.4 Å². The lowest BCUT2D eigenvalue weighted by Crippen LogP contribution is -2.60. The monoisotopic (exact) mass is 458 g/mol. The van der Waals surface area contributed by atoms with Crippen LogP contribution in [0.15, 0.2) is 36.4 Å². The number of hydrogen-bond acceptors (Lipinski definition) is 8. The molecule has 1 saturated heterocycles. The molecule has 4 N–H and O–H groups in total. The zero-order chi connectivity index (χ0) is 22.0. The summed E-state index contributed by atoms with van der Waals surface area (Å²) in [5.41, 5.74) is 1.76. The summed E-state index contributed by atoms with van der Waals surface area (Å²) in [6, 6.07) is 9.74. The molecule has 30 heavy (non-hydrogen) atoms. The summed E-state index contributed by atoms with van der Waals surface area (Å²) in [5, 5.41) is 39.3. The molecule has 10 heteroatoms. The number of aliphatic hydroxyl groups excluding tert-OH is 4. The Morgan fingerprint density at radius 1 is 1.00 bits per heavy atom. The van der Waals surface area contributed by atoms with E-state index in [1.54, 1.807) is 36.4 Å². The van der Waals surface area contributed by atoms with Gasteiger partial charge in [0.25, 0.3) is 0 Å². The van der Waals surface area contributed by atoms with E-state index in [2.05, 4.69) is 4.74 Å². The summed E-state index contributed by atoms with van der Waals surface area (Å²) in [7, 11) is 1.30. The predicted molar refractivity (Wildman–Crippen MR) is 108 cm³/mol. The molecular weight excluding hydrogens is 439 g/mol. The lowest BCUT2D eigenvalue weighted by Gasteiger charge is -2.39. The molecule has 8 nitrogen and oxygen atoms in total. The normalized spacial score (nSPS) is 26.3. The van der Waals surface area contributed by atoms with E-state index in [9.17, 15) is 25.2 Å². The molecule has 0 aromatic heterocycles. The number of rotatable bonds is 5. The first-order chi connectivity index (χ1) is 14.3. The lowest BCUT2D eigenvalue weighted by atomic mass is 9.99. The number of methoxy groups -OCH3 is 1. The molecule has 0 amide bonds. The van der Waals surface area contributed by atoms with Gasteiger partial charge in [0.2, 0.25) is 6.29 Å². The van der Waals surface area contributed by atoms with Crippen LogP contribution in [0.5, 0.6) is 5.75 Å². The molecule has 1 aliphatic rings. The zero-order valence-corrected chi connectivity index (χ0v) is 17.2. The fraction of sp³-hybridized carbons (Fsp3) is 0.350. The fourth-order valence-corrected chi connectivity index (χ4v) is 3.61. The molecule has 0 saturated carbocycles. The Hall–Kier alpha value is -1.91. The number of ether oxygens (including phenoxy) is 3. The van der Waals surface area contributed by atoms with Crippen molar-refractivity contribution in [3.63, 3.8) is 0 Å². The van der Waals surface area contributed by atoms with Crippen molar-refractivity contribution in [3.8, 4) is 16.9 Å². The lowest BCUT2D eigenvalue weighted by molar-refractivity contribution is -0.277. The smallest absolute Gasteiger partial charge is 0.337 e. The maximum Gasteiger partial charge on any atom is 0.337 e. The Balaban J connectivity index is 1.84. The Bertz CT molecular complexity index is 879. The quantitative estimate of drug-likeness (QED) is 0.498. The molecule has 5 atom stereocenters. The summed E-state index contributed by atoms with van der Waals surface area (Å²) in [6.07, 6.45) is -7.24. The minimum atomic E-state index is -1.60. The van der Waals surface area contributed by atoms with E-state index in [4.69, 9.17) is 32.7 Å². The molecule has 1 fully saturated rings. The third-order valence-electron chi connectivity index (χ3n) is 4.72. The van der Waals surface area contributed by atoms with Crippen LogP contribution in [0.3, 0.4) is 0 Å². The molecule has 1 aliphatic heterocycles. The third-order valence-corrected chi connectivity index (χ3v) is 5.28. The third kappa shape index (κ3) is 4.55. The second kappa shape index (κ2) is 9.49. The van der Waals surface area contributed by atoms with Crippen molar-refractivity contribution in [2.75, 3.05) is 13.7 Å². The molecule has 0 aliphatic carbocycles. The van der Waals surface area contributed by atoms with E-state index < -0.39 is 43.3 Å². The standard InChI is InChI=1S/C20H20Cl2O8/c1-28-19(27)10-4-2-9(3-5-10)11-6-12(21)18(13(22)7-11)30-20-17(26)16(25)15(24)14(8-23)29-20/h2-7,14-17,20,23-26H,8H2,1H3/t14?,15-,16?,17?,20-/m1/s1. The van der Waals surface area contributed by atoms with Gasteiger partial charge in [0, 0.05) is 0 Å². The van der Waals surface area contributed by atoms with Gasteiger partial charge in [-0.3, -0.25) is 0 Å². The number of halogens is 2. The Kier molecular flexibility index (Phi) is 7.20. The Morgan fingerprint density at radius 3 is 2.13 bits per heavy atom. The van der Waals surface area contributed by atoms with Crippen LogP contribution in [0, 0.1) is 0 Å². The van der Waals surface area contributed by atoms with Gasteiger partial charge in [-0.05, 0) is 35.4 Å². The van der Waals surface area contributed by atoms with Crippen molar-refractivity contribution in [3.05, 3.63) is 52.0 Å². The molecule has 0 bridgehead atoms. The fourth-order valence-electron chi connectivity index (χ4n) is 3.04. The van der Waals surface area contributed by atoms with Crippen LogP contribution < -0.4 is 4.74 Å². The van der Waals surface area contributed by atoms with Crippen molar-refractivity contribution >= 4 is 29.2 Å². The molecule has 162 valence electrons. The van der Waals surface area contributed by atoms with E-state index in [0.717, 1.165) is 5.56 Å². The summed E-state index contributed by atoms with van der Waals surface area (Å²) in [4.78, 5) is 11.6. The van der Waals surface area contributed by atoms with Crippen LogP contribution in [0.4, 0.5) is 0 Å². The SMILES string of the molecule is COC(=O)c1ccc(-c2cc(Cl)c(O[C@H]3OC(CO)[C@@H](O)C(O)C3O)c(Cl)c2)cc1. The number of hydrogen-bond donors (Lipinski definition) is 4. The van der Waals surface area contributed by atoms with Gasteiger partial charge < -0.3 is 34.6 Å². The first-order valence-corrected chi connectivity index (χ1v) is 9.67. The van der Waals surface area contributed by atoms with Gasteiger partial charge in [-0.2, -0.15) is 0 Å². The van der Waals surface area contributed by atoms with Gasteiger partial charge in [-0.25, -0.2) is 4.79 Å². The molecule has 2 aromatic carbocycles. The highest BCUT2D eigenvalue weighted by atomic mass is 35.5. The van der Waals surface area contributed by atoms with Gasteiger partial charge >= 0.3 is 5.97 Å². The van der Waals surface area contributed by atoms with Crippen LogP contribution in [0.25, 0.3) is 11.1 Å². The largest absolute Gasteiger partial charge is 0.465 e. The highest BCUT2D eigenvalue weighted by Crippen LogP contribution is 2.39. The van der Waals surface area contributed by atoms with E-state index >= 15 is 0 Å². The number of carbonyl (C=O) groups excluding carboxylic acids is 1. The topological polar surface area (TPSA) is 126 Å². The molecule has 1 heterocycles. The molecular formula is C20H20Cl2O8. The number of benzene rings is 2. The first-order valence-electron chi connectivity index (χ1n) is 8.91. The van der Waals surface area contributed by atoms with Crippen molar-refractivity contribution < 1.29 is 39.4 Å². The van der Waals surface area contributed by atoms with E-state index in [0.29, 0.717) is 11.1 Å². The zero-order valence-electron chi connectivity index (χ0n) is 15.7. The van der Waals surface area contributed by atoms with Crippen molar-refractivity contribution in [1.29, 1.82) is 0 Å². The van der Waals surface area contributed by atoms with E-state index in [1.807, 2.05) is 0 Å². The summed E-state index contributed by atoms with van der Waals surface area (Å²) in [6.45, 7) is -0.590. The summed E-state index contributed by atoms with van der Waals surface area (Å²) >= 11 is 12.6. The average Bonchev–Trinajstić information content (AvgIpc) is 2.75. The van der Waals surface area contributed by atoms with Crippen molar-refractivity contribution in [2.24, 2.45) is 0 Å². The van der Waals surface area contributed by atoms with Gasteiger partial charge in [-0.1, -0.05) is 35.3 Å². The van der Waals surface area contributed by atoms with Crippen LogP contribution in [-0.4, -0.2) is 70.8 Å². The molecule has 0 spiro atoms. The van der Waals surface area contributed by atoms with Gasteiger partial charge in [-0.15, -0.1) is 0 Å². The minimum absolute atomic E-state index is 0.00223. The highest BCUT2D eigenvalue weighted by molar-refractivity contribution is 6.37. The predicted octanol–water partition coefficient (Wildman–Crippen LogP) is 1.63. The molecule has 2 aromatic rings. The second-order valence-electron chi connectivity index (χ2n) is 6.65. The maximum absolute atomic E-state index is 11.6. The van der Waals surface area contributed by atoms with Crippen LogP contribution in [0.2, 0.25) is 10.0 Å². The van der Waals surface area contributed by atoms with Crippen LogP contribution >= 0.6 is 23.2 Å². The van der Waals surface area contributed by atoms with E-state index in [-0.39, 0.29) is 15.8 Å². The van der Waals surface area contributed by atoms with E-state index in [1.165, 1.54) is 7.11 Å². The first kappa shape index (κ1) is 22.8. The molecule has 0 radical (unpaired) electrons. The van der Waals surface area contributed by atoms with Crippen molar-refractivity contribution in [2.45, 2.75) is 30.7 Å².